The first-order valence-electron chi connectivity index (χ1n) is 8.61. The molecular weight excluding hydrogens is 334 g/mol. The molecule has 2 N–H and O–H groups in total. The minimum absolute atomic E-state index is 0.236. The Morgan fingerprint density at radius 3 is 2.54 bits per heavy atom. The van der Waals surface area contributed by atoms with E-state index >= 15 is 0 Å². The van der Waals surface area contributed by atoms with Crippen molar-refractivity contribution in [2.45, 2.75) is 19.8 Å². The average Bonchev–Trinajstić information content (AvgIpc) is 2.68. The quantitative estimate of drug-likeness (QED) is 0.778. The predicted octanol–water partition coefficient (Wildman–Crippen LogP) is 2.64. The van der Waals surface area contributed by atoms with Gasteiger partial charge in [-0.2, -0.15) is 0 Å². The number of nitrogens with one attached hydrogen (secondary N) is 2. The normalized spacial score (nSPS) is 12.3. The second kappa shape index (κ2) is 8.33. The van der Waals surface area contributed by atoms with Crippen molar-refractivity contribution in [2.24, 2.45) is 0 Å². The monoisotopic (exact) mass is 355 g/mol. The van der Waals surface area contributed by atoms with Gasteiger partial charge in [0.2, 0.25) is 0 Å². The molecule has 136 valence electrons. The van der Waals surface area contributed by atoms with Gasteiger partial charge in [0.15, 0.2) is 11.5 Å². The van der Waals surface area contributed by atoms with Crippen molar-refractivity contribution in [3.63, 3.8) is 0 Å². The van der Waals surface area contributed by atoms with Crippen molar-refractivity contribution in [3.8, 4) is 11.5 Å². The standard InChI is InChI=1S/C19H21N3O4/c1-2-3-6-21-18(23)13-9-14(12-20-11-13)19(24)22-15-4-5-16-17(10-15)26-8-7-25-16/h4-5,9-12H,2-3,6-8H2,1H3,(H,21,23)(H,22,24). The Labute approximate surface area is 151 Å². The van der Waals surface area contributed by atoms with Crippen molar-refractivity contribution in [2.75, 3.05) is 25.1 Å². The number of pyridine rings is 1. The van der Waals surface area contributed by atoms with Gasteiger partial charge in [0.05, 0.1) is 11.1 Å². The molecule has 0 fully saturated rings. The highest BCUT2D eigenvalue weighted by Crippen LogP contribution is 2.32. The van der Waals surface area contributed by atoms with Crippen LogP contribution in [0.5, 0.6) is 11.5 Å². The summed E-state index contributed by atoms with van der Waals surface area (Å²) in [6, 6.07) is 6.73. The Balaban J connectivity index is 1.68. The average molecular weight is 355 g/mol. The van der Waals surface area contributed by atoms with Gasteiger partial charge >= 0.3 is 0 Å². The van der Waals surface area contributed by atoms with Crippen LogP contribution in [0.4, 0.5) is 5.69 Å². The van der Waals surface area contributed by atoms with E-state index in [1.165, 1.54) is 18.5 Å². The van der Waals surface area contributed by atoms with Gasteiger partial charge in [-0.05, 0) is 24.6 Å². The van der Waals surface area contributed by atoms with Crippen molar-refractivity contribution in [1.82, 2.24) is 10.3 Å². The zero-order valence-electron chi connectivity index (χ0n) is 14.6. The molecule has 7 nitrogen and oxygen atoms in total. The highest BCUT2D eigenvalue weighted by atomic mass is 16.6. The molecule has 0 spiro atoms. The minimum Gasteiger partial charge on any atom is -0.486 e. The third-order valence-corrected chi connectivity index (χ3v) is 3.88. The highest BCUT2D eigenvalue weighted by molar-refractivity contribution is 6.06. The van der Waals surface area contributed by atoms with Gasteiger partial charge in [-0.3, -0.25) is 14.6 Å². The number of anilines is 1. The van der Waals surface area contributed by atoms with Gasteiger partial charge in [0.1, 0.15) is 13.2 Å². The first-order valence-corrected chi connectivity index (χ1v) is 8.61. The number of carbonyl (C=O) groups is 2. The van der Waals surface area contributed by atoms with Crippen LogP contribution in [-0.2, 0) is 0 Å². The molecule has 26 heavy (non-hydrogen) atoms. The van der Waals surface area contributed by atoms with Crippen molar-refractivity contribution in [3.05, 3.63) is 47.8 Å². The first-order chi connectivity index (χ1) is 12.7. The number of benzene rings is 1. The lowest BCUT2D eigenvalue weighted by Gasteiger charge is -2.19. The fraction of sp³-hybridized carbons (Fsp3) is 0.316. The summed E-state index contributed by atoms with van der Waals surface area (Å²) < 4.78 is 11.0. The number of rotatable bonds is 6. The maximum Gasteiger partial charge on any atom is 0.257 e. The Hall–Kier alpha value is -3.09. The molecule has 0 aliphatic carbocycles. The topological polar surface area (TPSA) is 89.6 Å². The van der Waals surface area contributed by atoms with E-state index in [-0.39, 0.29) is 11.8 Å². The summed E-state index contributed by atoms with van der Waals surface area (Å²) in [6.45, 7) is 3.64. The Morgan fingerprint density at radius 1 is 1.04 bits per heavy atom. The smallest absolute Gasteiger partial charge is 0.257 e. The lowest BCUT2D eigenvalue weighted by Crippen LogP contribution is -2.25. The van der Waals surface area contributed by atoms with Crippen LogP contribution < -0.4 is 20.1 Å². The van der Waals surface area contributed by atoms with Crippen LogP contribution in [0.3, 0.4) is 0 Å². The number of hydrogen-bond donors (Lipinski definition) is 2. The van der Waals surface area contributed by atoms with E-state index in [9.17, 15) is 9.59 Å². The van der Waals surface area contributed by atoms with E-state index in [1.807, 2.05) is 0 Å². The highest BCUT2D eigenvalue weighted by Gasteiger charge is 2.15. The number of aromatic nitrogens is 1. The molecule has 1 aromatic carbocycles. The van der Waals surface area contributed by atoms with Crippen molar-refractivity contribution >= 4 is 17.5 Å². The molecule has 0 radical (unpaired) electrons. The Kier molecular flexibility index (Phi) is 5.68. The summed E-state index contributed by atoms with van der Waals surface area (Å²) in [5.41, 5.74) is 1.25. The molecule has 2 amide bonds. The van der Waals surface area contributed by atoms with Crippen LogP contribution in [0.15, 0.2) is 36.7 Å². The second-order valence-corrected chi connectivity index (χ2v) is 5.88. The lowest BCUT2D eigenvalue weighted by molar-refractivity contribution is 0.0953. The zero-order chi connectivity index (χ0) is 18.4. The van der Waals surface area contributed by atoms with Gasteiger partial charge in [0.25, 0.3) is 11.8 Å². The van der Waals surface area contributed by atoms with Gasteiger partial charge < -0.3 is 20.1 Å². The Morgan fingerprint density at radius 2 is 1.77 bits per heavy atom. The number of carbonyl (C=O) groups excluding carboxylic acids is 2. The summed E-state index contributed by atoms with van der Waals surface area (Å²) in [5, 5.41) is 5.59. The number of unbranched alkanes of at least 4 members (excludes halogenated alkanes) is 1. The molecule has 1 aliphatic heterocycles. The van der Waals surface area contributed by atoms with Gasteiger partial charge in [-0.1, -0.05) is 13.3 Å². The third-order valence-electron chi connectivity index (χ3n) is 3.88. The van der Waals surface area contributed by atoms with E-state index in [1.54, 1.807) is 18.2 Å². The van der Waals surface area contributed by atoms with Crippen LogP contribution >= 0.6 is 0 Å². The van der Waals surface area contributed by atoms with Gasteiger partial charge in [0, 0.05) is 30.7 Å². The van der Waals surface area contributed by atoms with E-state index in [0.717, 1.165) is 12.8 Å². The molecule has 0 atom stereocenters. The molecular formula is C19H21N3O4. The van der Waals surface area contributed by atoms with Crippen LogP contribution in [0.25, 0.3) is 0 Å². The van der Waals surface area contributed by atoms with E-state index < -0.39 is 0 Å². The molecule has 7 heteroatoms. The molecule has 3 rings (SSSR count). The molecule has 0 saturated heterocycles. The molecule has 1 aliphatic rings. The maximum atomic E-state index is 12.5. The number of hydrogen-bond acceptors (Lipinski definition) is 5. The van der Waals surface area contributed by atoms with Crippen LogP contribution in [0.2, 0.25) is 0 Å². The largest absolute Gasteiger partial charge is 0.486 e. The fourth-order valence-electron chi connectivity index (χ4n) is 2.49. The Bertz CT molecular complexity index is 807. The fourth-order valence-corrected chi connectivity index (χ4v) is 2.49. The maximum absolute atomic E-state index is 12.5. The van der Waals surface area contributed by atoms with Gasteiger partial charge in [-0.15, -0.1) is 0 Å². The van der Waals surface area contributed by atoms with E-state index in [4.69, 9.17) is 9.47 Å². The zero-order valence-corrected chi connectivity index (χ0v) is 14.6. The van der Waals surface area contributed by atoms with Crippen molar-refractivity contribution in [1.29, 1.82) is 0 Å². The minimum atomic E-state index is -0.350. The lowest BCUT2D eigenvalue weighted by atomic mass is 10.1. The van der Waals surface area contributed by atoms with E-state index in [2.05, 4.69) is 22.5 Å². The van der Waals surface area contributed by atoms with Gasteiger partial charge in [-0.25, -0.2) is 0 Å². The molecule has 0 saturated carbocycles. The molecule has 2 aromatic rings. The van der Waals surface area contributed by atoms with Crippen LogP contribution in [0, 0.1) is 0 Å². The summed E-state index contributed by atoms with van der Waals surface area (Å²) in [7, 11) is 0. The number of ether oxygens (including phenoxy) is 2. The number of fused-ring (bicyclic) bond motifs is 1. The number of amides is 2. The van der Waals surface area contributed by atoms with Crippen molar-refractivity contribution < 1.29 is 19.1 Å². The van der Waals surface area contributed by atoms with Crippen LogP contribution in [0.1, 0.15) is 40.5 Å². The third kappa shape index (κ3) is 4.30. The first kappa shape index (κ1) is 17.7. The SMILES string of the molecule is CCCCNC(=O)c1cncc(C(=O)Nc2ccc3c(c2)OCCO3)c1. The molecule has 1 aromatic heterocycles. The second-order valence-electron chi connectivity index (χ2n) is 5.88. The number of nitrogens with zero attached hydrogens (tertiary/aromatic N) is 1. The predicted molar refractivity (Wildman–Crippen MR) is 96.9 cm³/mol. The summed E-state index contributed by atoms with van der Waals surface area (Å²) >= 11 is 0. The van der Waals surface area contributed by atoms with E-state index in [0.29, 0.717) is 48.1 Å². The summed E-state index contributed by atoms with van der Waals surface area (Å²) in [5.74, 6) is 0.662. The summed E-state index contributed by atoms with van der Waals surface area (Å²) in [4.78, 5) is 28.6. The van der Waals surface area contributed by atoms with Crippen LogP contribution in [-0.4, -0.2) is 36.6 Å². The summed E-state index contributed by atoms with van der Waals surface area (Å²) in [6.07, 6.45) is 4.78. The molecule has 2 heterocycles. The molecule has 0 bridgehead atoms. The molecule has 0 unspecified atom stereocenters.